The molecule has 0 aliphatic rings. The van der Waals surface area contributed by atoms with Gasteiger partial charge in [0.1, 0.15) is 0 Å². The van der Waals surface area contributed by atoms with Crippen LogP contribution in [0.5, 0.6) is 11.5 Å². The van der Waals surface area contributed by atoms with Crippen LogP contribution in [0.4, 0.5) is 43.9 Å². The Labute approximate surface area is 248 Å². The van der Waals surface area contributed by atoms with E-state index in [4.69, 9.17) is 0 Å². The predicted molar refractivity (Wildman–Crippen MR) is 123 cm³/mol. The van der Waals surface area contributed by atoms with Gasteiger partial charge in [0.2, 0.25) is 0 Å². The van der Waals surface area contributed by atoms with Gasteiger partial charge in [-0.2, -0.15) is 35.4 Å². The zero-order valence-corrected chi connectivity index (χ0v) is 25.1. The molecule has 4 aromatic carbocycles. The maximum Gasteiger partial charge on any atom is 4.00 e. The van der Waals surface area contributed by atoms with E-state index in [1.807, 2.05) is 0 Å². The summed E-state index contributed by atoms with van der Waals surface area (Å²) in [7, 11) is 0. The van der Waals surface area contributed by atoms with Crippen LogP contribution in [-0.2, 0) is 38.7 Å². The number of hydrogen-bond acceptors (Lipinski definition) is 2. The fraction of sp³-hybridized carbons (Fsp3) is 0.214. The summed E-state index contributed by atoms with van der Waals surface area (Å²) in [6, 6.07) is 17.0. The van der Waals surface area contributed by atoms with Crippen LogP contribution in [0.3, 0.4) is 0 Å². The molecule has 0 aromatic heterocycles. The van der Waals surface area contributed by atoms with Crippen LogP contribution in [0.25, 0.3) is 0 Å². The Morgan fingerprint density at radius 2 is 0.634 bits per heavy atom. The van der Waals surface area contributed by atoms with Gasteiger partial charge in [-0.25, -0.2) is 68.2 Å². The summed E-state index contributed by atoms with van der Waals surface area (Å²) in [6.45, 7) is 4.40. The number of halogens is 10. The van der Waals surface area contributed by atoms with E-state index in [0.717, 1.165) is 0 Å². The quantitative estimate of drug-likeness (QED) is 0.0708. The van der Waals surface area contributed by atoms with E-state index in [1.54, 1.807) is 0 Å². The zero-order chi connectivity index (χ0) is 30.6. The molecule has 2 nitrogen and oxygen atoms in total. The van der Waals surface area contributed by atoms with Crippen molar-refractivity contribution < 1.29 is 80.0 Å². The molecule has 0 amide bonds. The number of rotatable bonds is 4. The van der Waals surface area contributed by atoms with Crippen LogP contribution in [0.2, 0.25) is 0 Å². The van der Waals surface area contributed by atoms with Gasteiger partial charge in [-0.3, -0.25) is 0 Å². The largest absolute Gasteiger partial charge is 4.00 e. The second-order valence-corrected chi connectivity index (χ2v) is 7.88. The van der Waals surface area contributed by atoms with Gasteiger partial charge in [0.25, 0.3) is 0 Å². The molecule has 4 rings (SSSR count). The van der Waals surface area contributed by atoms with Crippen LogP contribution < -0.4 is 10.2 Å². The molecular weight excluding hydrogens is 737 g/mol. The minimum absolute atomic E-state index is 0. The first-order chi connectivity index (χ1) is 18.8. The van der Waals surface area contributed by atoms with E-state index >= 15 is 0 Å². The zero-order valence-electron chi connectivity index (χ0n) is 21.5. The van der Waals surface area contributed by atoms with E-state index < -0.39 is 69.7 Å². The first kappa shape index (κ1) is 37.9. The van der Waals surface area contributed by atoms with Crippen molar-refractivity contribution in [2.45, 2.75) is 39.5 Å². The third-order valence-corrected chi connectivity index (χ3v) is 4.88. The first-order valence-corrected chi connectivity index (χ1v) is 11.6. The Morgan fingerprint density at radius 3 is 0.829 bits per heavy atom. The van der Waals surface area contributed by atoms with Crippen molar-refractivity contribution in [1.29, 1.82) is 0 Å². The van der Waals surface area contributed by atoms with Crippen LogP contribution >= 0.6 is 0 Å². The van der Waals surface area contributed by atoms with E-state index in [9.17, 15) is 54.1 Å². The summed E-state index contributed by atoms with van der Waals surface area (Å²) >= 11 is 0. The van der Waals surface area contributed by atoms with Crippen LogP contribution in [0.1, 0.15) is 37.8 Å². The summed E-state index contributed by atoms with van der Waals surface area (Å²) in [5.74, 6) is -27.2. The molecule has 13 heteroatoms. The molecular formula is C28H22F10HfO2. The summed E-state index contributed by atoms with van der Waals surface area (Å²) < 4.78 is 121. The van der Waals surface area contributed by atoms with Gasteiger partial charge < -0.3 is 10.2 Å². The van der Waals surface area contributed by atoms with Gasteiger partial charge in [-0.05, 0) is 11.5 Å². The predicted octanol–water partition coefficient (Wildman–Crippen LogP) is 7.62. The molecule has 220 valence electrons. The van der Waals surface area contributed by atoms with Crippen molar-refractivity contribution >= 4 is 0 Å². The first-order valence-electron chi connectivity index (χ1n) is 11.6. The molecule has 0 bridgehead atoms. The molecule has 0 atom stereocenters. The molecule has 41 heavy (non-hydrogen) atoms. The van der Waals surface area contributed by atoms with E-state index in [2.05, 4.69) is 62.4 Å². The average molecular weight is 759 g/mol. The van der Waals surface area contributed by atoms with Gasteiger partial charge in [0.15, 0.2) is 58.2 Å². The maximum absolute atomic E-state index is 12.1. The van der Waals surface area contributed by atoms with E-state index in [0.29, 0.717) is 0 Å². The Balaban J connectivity index is 0.000000525. The Morgan fingerprint density at radius 1 is 0.439 bits per heavy atom. The molecule has 0 N–H and O–H groups in total. The van der Waals surface area contributed by atoms with Gasteiger partial charge in [-0.1, -0.05) is 39.5 Å². The van der Waals surface area contributed by atoms with Crippen molar-refractivity contribution in [2.75, 3.05) is 0 Å². The maximum atomic E-state index is 12.1. The summed E-state index contributed by atoms with van der Waals surface area (Å²) in [5, 5.41) is 20.3. The topological polar surface area (TPSA) is 46.1 Å². The molecule has 0 saturated carbocycles. The van der Waals surface area contributed by atoms with Crippen LogP contribution in [0, 0.1) is 58.2 Å². The smallest absolute Gasteiger partial charge is 0.868 e. The van der Waals surface area contributed by atoms with Crippen molar-refractivity contribution in [1.82, 2.24) is 0 Å². The molecule has 0 fully saturated rings. The second-order valence-electron chi connectivity index (χ2n) is 7.88. The normalized spacial score (nSPS) is 9.85. The molecule has 0 aliphatic carbocycles. The Bertz CT molecular complexity index is 1030. The van der Waals surface area contributed by atoms with Crippen LogP contribution in [0.15, 0.2) is 48.5 Å². The van der Waals surface area contributed by atoms with Gasteiger partial charge in [-0.15, -0.1) is 0 Å². The Hall–Kier alpha value is -3.09. The molecule has 0 heterocycles. The average Bonchev–Trinajstić information content (AvgIpc) is 3.67. The monoisotopic (exact) mass is 760 g/mol. The standard InChI is InChI=1S/2C8H11.2C6HF5O.Hf/c2*1-2-5-8-6-3-4-7-8;2*7-1-2(8)4(10)6(12)5(11)3(1)9;/h2*3-4,6-7H,2,5H2,1H3;2*12H;/q2*-1;;;+4/p-2. The molecule has 0 radical (unpaired) electrons. The molecule has 0 spiro atoms. The Kier molecular flexibility index (Phi) is 17.0. The fourth-order valence-corrected chi connectivity index (χ4v) is 2.91. The van der Waals surface area contributed by atoms with E-state index in [-0.39, 0.29) is 25.8 Å². The molecule has 0 saturated heterocycles. The third-order valence-electron chi connectivity index (χ3n) is 4.88. The summed E-state index contributed by atoms with van der Waals surface area (Å²) in [4.78, 5) is 0. The van der Waals surface area contributed by atoms with Crippen molar-refractivity contribution in [2.24, 2.45) is 0 Å². The molecule has 4 aromatic rings. The van der Waals surface area contributed by atoms with Gasteiger partial charge in [0, 0.05) is 0 Å². The molecule has 0 unspecified atom stereocenters. The minimum atomic E-state index is -2.33. The minimum Gasteiger partial charge on any atom is -0.868 e. The second kappa shape index (κ2) is 18.4. The van der Waals surface area contributed by atoms with Gasteiger partial charge in [0.05, 0.1) is 0 Å². The van der Waals surface area contributed by atoms with Crippen LogP contribution in [-0.4, -0.2) is 0 Å². The fourth-order valence-electron chi connectivity index (χ4n) is 2.91. The van der Waals surface area contributed by atoms with Crippen molar-refractivity contribution in [3.8, 4) is 11.5 Å². The van der Waals surface area contributed by atoms with E-state index in [1.165, 1.54) is 36.8 Å². The summed E-state index contributed by atoms with van der Waals surface area (Å²) in [6.07, 6.45) is 4.97. The third kappa shape index (κ3) is 10.7. The SMILES string of the molecule is CCC[c-]1cccc1.CCC[c-]1cccc1.[Hf+4].[O-]c1c(F)c(F)c(F)c(F)c1F.[O-]c1c(F)c(F)c(F)c(F)c1F. The van der Waals surface area contributed by atoms with Crippen molar-refractivity contribution in [3.05, 3.63) is 118 Å². The van der Waals surface area contributed by atoms with Crippen molar-refractivity contribution in [3.63, 3.8) is 0 Å². The van der Waals surface area contributed by atoms with Gasteiger partial charge >= 0.3 is 25.8 Å². The number of benzene rings is 2. The number of aryl methyl sites for hydroxylation is 2. The molecule has 0 aliphatic heterocycles. The number of hydrogen-bond donors (Lipinski definition) is 0. The summed E-state index contributed by atoms with van der Waals surface area (Å²) in [5.41, 5.74) is 2.93.